The third-order valence-electron chi connectivity index (χ3n) is 6.59. The van der Waals surface area contributed by atoms with E-state index in [9.17, 15) is 8.42 Å². The summed E-state index contributed by atoms with van der Waals surface area (Å²) in [4.78, 5) is 15.9. The Morgan fingerprint density at radius 3 is 2.40 bits per heavy atom. The highest BCUT2D eigenvalue weighted by atomic mass is 32.2. The summed E-state index contributed by atoms with van der Waals surface area (Å²) in [6, 6.07) is 0.184. The van der Waals surface area contributed by atoms with Crippen molar-refractivity contribution in [3.63, 3.8) is 0 Å². The van der Waals surface area contributed by atoms with Crippen LogP contribution in [0, 0.1) is 5.92 Å². The second-order valence-corrected chi connectivity index (χ2v) is 11.6. The summed E-state index contributed by atoms with van der Waals surface area (Å²) < 4.78 is 40.9. The molecule has 2 aliphatic heterocycles. The molecule has 198 valence electrons. The van der Waals surface area contributed by atoms with Crippen LogP contribution in [0.15, 0.2) is 0 Å². The lowest BCUT2D eigenvalue weighted by Crippen LogP contribution is -2.52. The van der Waals surface area contributed by atoms with Crippen molar-refractivity contribution in [3.05, 3.63) is 0 Å². The number of nitrogens with zero attached hydrogens (tertiary/aromatic N) is 5. The monoisotopic (exact) mass is 512 g/mol. The molecule has 35 heavy (non-hydrogen) atoms. The number of ether oxygens (including phenoxy) is 2. The highest BCUT2D eigenvalue weighted by molar-refractivity contribution is 7.87. The van der Waals surface area contributed by atoms with Gasteiger partial charge in [0.05, 0.1) is 25.9 Å². The van der Waals surface area contributed by atoms with Crippen LogP contribution in [-0.2, 0) is 19.7 Å². The smallest absolute Gasteiger partial charge is 0.279 e. The number of hydrogen-bond donors (Lipinski definition) is 3. The number of aromatic nitrogens is 3. The Labute approximate surface area is 208 Å². The molecule has 0 bridgehead atoms. The van der Waals surface area contributed by atoms with Crippen LogP contribution in [0.1, 0.15) is 46.5 Å². The first-order valence-corrected chi connectivity index (χ1v) is 14.2. The van der Waals surface area contributed by atoms with Crippen molar-refractivity contribution in [2.75, 3.05) is 68.1 Å². The van der Waals surface area contributed by atoms with Gasteiger partial charge in [-0.2, -0.15) is 32.4 Å². The SMILES string of the molecule is CC(C)Nc1nc(NCC2CCC(NS(=O)(=O)N3CCOC(C)C3)CC2)nc(N2CCOCC2)n1. The summed E-state index contributed by atoms with van der Waals surface area (Å²) in [6.45, 7) is 10.9. The van der Waals surface area contributed by atoms with Crippen LogP contribution in [0.5, 0.6) is 0 Å². The Hall–Kier alpha value is -1.80. The molecule has 0 radical (unpaired) electrons. The van der Waals surface area contributed by atoms with E-state index in [-0.39, 0.29) is 18.2 Å². The maximum absolute atomic E-state index is 12.8. The molecular formula is C22H40N8O4S. The number of anilines is 3. The van der Waals surface area contributed by atoms with Crippen molar-refractivity contribution in [3.8, 4) is 0 Å². The highest BCUT2D eigenvalue weighted by Crippen LogP contribution is 2.26. The first-order chi connectivity index (χ1) is 16.8. The Morgan fingerprint density at radius 2 is 1.71 bits per heavy atom. The van der Waals surface area contributed by atoms with Gasteiger partial charge in [0.25, 0.3) is 10.2 Å². The van der Waals surface area contributed by atoms with Gasteiger partial charge in [-0.05, 0) is 52.4 Å². The zero-order valence-electron chi connectivity index (χ0n) is 21.1. The second-order valence-electron chi connectivity index (χ2n) is 9.94. The van der Waals surface area contributed by atoms with Crippen molar-refractivity contribution in [1.82, 2.24) is 24.0 Å². The van der Waals surface area contributed by atoms with Crippen LogP contribution in [0.4, 0.5) is 17.8 Å². The summed E-state index contributed by atoms with van der Waals surface area (Å²) in [5.41, 5.74) is 0. The van der Waals surface area contributed by atoms with E-state index >= 15 is 0 Å². The van der Waals surface area contributed by atoms with Gasteiger partial charge in [0, 0.05) is 44.8 Å². The van der Waals surface area contributed by atoms with Crippen LogP contribution < -0.4 is 20.3 Å². The van der Waals surface area contributed by atoms with Crippen LogP contribution >= 0.6 is 0 Å². The van der Waals surface area contributed by atoms with Gasteiger partial charge in [0.1, 0.15) is 0 Å². The zero-order chi connectivity index (χ0) is 24.8. The lowest BCUT2D eigenvalue weighted by molar-refractivity contribution is 0.00959. The predicted molar refractivity (Wildman–Crippen MR) is 135 cm³/mol. The molecule has 0 spiro atoms. The molecule has 4 rings (SSSR count). The second kappa shape index (κ2) is 12.0. The molecule has 1 saturated carbocycles. The van der Waals surface area contributed by atoms with Crippen LogP contribution in [0.3, 0.4) is 0 Å². The molecule has 1 aliphatic carbocycles. The molecule has 3 heterocycles. The number of nitrogens with one attached hydrogen (secondary N) is 3. The van der Waals surface area contributed by atoms with E-state index in [1.165, 1.54) is 4.31 Å². The minimum absolute atomic E-state index is 0.0265. The van der Waals surface area contributed by atoms with E-state index in [0.717, 1.165) is 45.3 Å². The molecule has 0 aromatic carbocycles. The van der Waals surface area contributed by atoms with Gasteiger partial charge in [-0.25, -0.2) is 0 Å². The van der Waals surface area contributed by atoms with Crippen molar-refractivity contribution in [2.45, 2.75) is 64.6 Å². The fourth-order valence-corrected chi connectivity index (χ4v) is 6.21. The number of hydrogen-bond acceptors (Lipinski definition) is 10. The Kier molecular flexibility index (Phi) is 8.97. The lowest BCUT2D eigenvalue weighted by atomic mass is 9.86. The van der Waals surface area contributed by atoms with Gasteiger partial charge >= 0.3 is 0 Å². The molecule has 13 heteroatoms. The molecule has 1 aromatic rings. The highest BCUT2D eigenvalue weighted by Gasteiger charge is 2.31. The van der Waals surface area contributed by atoms with Gasteiger partial charge < -0.3 is 25.0 Å². The number of morpholine rings is 2. The Balaban J connectivity index is 1.29. The Bertz CT molecular complexity index is 920. The first kappa shape index (κ1) is 26.3. The molecule has 1 aromatic heterocycles. The normalized spacial score (nSPS) is 26.6. The molecule has 2 saturated heterocycles. The first-order valence-electron chi connectivity index (χ1n) is 12.8. The van der Waals surface area contributed by atoms with Gasteiger partial charge in [-0.15, -0.1) is 0 Å². The van der Waals surface area contributed by atoms with E-state index in [4.69, 9.17) is 9.47 Å². The lowest BCUT2D eigenvalue weighted by Gasteiger charge is -2.34. The van der Waals surface area contributed by atoms with Crippen molar-refractivity contribution < 1.29 is 17.9 Å². The molecule has 1 unspecified atom stereocenters. The standard InChI is InChI=1S/C22H40N8O4S/c1-16(2)24-21-25-20(26-22(27-21)29-8-11-33-12-9-29)23-14-18-4-6-19(7-5-18)28-35(31,32)30-10-13-34-17(3)15-30/h16-19,28H,4-15H2,1-3H3,(H2,23,24,25,26,27). The van der Waals surface area contributed by atoms with Crippen LogP contribution in [0.2, 0.25) is 0 Å². The maximum atomic E-state index is 12.8. The average molecular weight is 513 g/mol. The molecule has 12 nitrogen and oxygen atoms in total. The maximum Gasteiger partial charge on any atom is 0.279 e. The quantitative estimate of drug-likeness (QED) is 0.441. The van der Waals surface area contributed by atoms with Gasteiger partial charge in [0.2, 0.25) is 17.8 Å². The van der Waals surface area contributed by atoms with Gasteiger partial charge in [-0.1, -0.05) is 0 Å². The van der Waals surface area contributed by atoms with Crippen molar-refractivity contribution >= 4 is 28.1 Å². The van der Waals surface area contributed by atoms with Gasteiger partial charge in [0.15, 0.2) is 0 Å². The number of rotatable bonds is 9. The third kappa shape index (κ3) is 7.59. The van der Waals surface area contributed by atoms with E-state index in [1.54, 1.807) is 0 Å². The van der Waals surface area contributed by atoms with Crippen LogP contribution in [-0.4, -0.2) is 98.4 Å². The summed E-state index contributed by atoms with van der Waals surface area (Å²) in [5.74, 6) is 2.22. The van der Waals surface area contributed by atoms with Crippen molar-refractivity contribution in [1.29, 1.82) is 0 Å². The fourth-order valence-electron chi connectivity index (χ4n) is 4.68. The van der Waals surface area contributed by atoms with E-state index < -0.39 is 10.2 Å². The molecular weight excluding hydrogens is 472 g/mol. The minimum Gasteiger partial charge on any atom is -0.378 e. The summed E-state index contributed by atoms with van der Waals surface area (Å²) in [6.07, 6.45) is 3.46. The third-order valence-corrected chi connectivity index (χ3v) is 8.23. The summed E-state index contributed by atoms with van der Waals surface area (Å²) >= 11 is 0. The summed E-state index contributed by atoms with van der Waals surface area (Å²) in [5, 5.41) is 6.69. The molecule has 3 fully saturated rings. The molecule has 3 aliphatic rings. The largest absolute Gasteiger partial charge is 0.378 e. The van der Waals surface area contributed by atoms with Crippen molar-refractivity contribution in [2.24, 2.45) is 5.92 Å². The van der Waals surface area contributed by atoms with E-state index in [0.29, 0.717) is 56.7 Å². The Morgan fingerprint density at radius 1 is 1.00 bits per heavy atom. The topological polar surface area (TPSA) is 134 Å². The summed E-state index contributed by atoms with van der Waals surface area (Å²) in [7, 11) is -3.48. The van der Waals surface area contributed by atoms with Gasteiger partial charge in [-0.3, -0.25) is 0 Å². The van der Waals surface area contributed by atoms with Crippen LogP contribution in [0.25, 0.3) is 0 Å². The average Bonchev–Trinajstić information content (AvgIpc) is 2.83. The predicted octanol–water partition coefficient (Wildman–Crippen LogP) is 1.05. The molecule has 1 atom stereocenters. The van der Waals surface area contributed by atoms with E-state index in [1.807, 2.05) is 6.92 Å². The van der Waals surface area contributed by atoms with E-state index in [2.05, 4.69) is 49.1 Å². The molecule has 0 amide bonds. The zero-order valence-corrected chi connectivity index (χ0v) is 21.9. The fraction of sp³-hybridized carbons (Fsp3) is 0.864. The molecule has 3 N–H and O–H groups in total. The minimum atomic E-state index is -3.48.